The van der Waals surface area contributed by atoms with Gasteiger partial charge < -0.3 is 5.11 Å². The number of hydrogen-bond acceptors (Lipinski definition) is 4. The lowest BCUT2D eigenvalue weighted by molar-refractivity contribution is 0.285. The molecule has 1 N–H and O–H groups in total. The van der Waals surface area contributed by atoms with Crippen LogP contribution in [-0.4, -0.2) is 30.9 Å². The van der Waals surface area contributed by atoms with Gasteiger partial charge in [-0.3, -0.25) is 0 Å². The fraction of sp³-hybridized carbons (Fsp3) is 0.667. The van der Waals surface area contributed by atoms with Gasteiger partial charge in [-0.15, -0.1) is 11.3 Å². The lowest BCUT2D eigenvalue weighted by Gasteiger charge is -2.20. The summed E-state index contributed by atoms with van der Waals surface area (Å²) in [4.78, 5) is 1.02. The maximum atomic E-state index is 12.5. The third-order valence-electron chi connectivity index (χ3n) is 3.06. The highest BCUT2D eigenvalue weighted by molar-refractivity contribution is 7.89. The Morgan fingerprint density at radius 1 is 1.50 bits per heavy atom. The van der Waals surface area contributed by atoms with Gasteiger partial charge in [-0.25, -0.2) is 8.42 Å². The molecule has 1 heterocycles. The summed E-state index contributed by atoms with van der Waals surface area (Å²) in [5, 5.41) is 10.6. The van der Waals surface area contributed by atoms with Crippen LogP contribution in [0.25, 0.3) is 0 Å². The minimum absolute atomic E-state index is 0.101. The molecule has 0 amide bonds. The topological polar surface area (TPSA) is 57.6 Å². The molecule has 18 heavy (non-hydrogen) atoms. The number of aliphatic hydroxyl groups excluding tert-OH is 1. The Labute approximate surface area is 112 Å². The Balaban J connectivity index is 2.19. The summed E-state index contributed by atoms with van der Waals surface area (Å²) >= 11 is 1.29. The fourth-order valence-electron chi connectivity index (χ4n) is 1.88. The summed E-state index contributed by atoms with van der Waals surface area (Å²) in [7, 11) is -3.37. The van der Waals surface area contributed by atoms with E-state index in [0.717, 1.165) is 19.3 Å². The standard InChI is InChI=1S/C12H19NO3S2/c1-2-5-13(7-10-3-4-10)18(15,16)12-6-11(8-14)17-9-12/h6,9-10,14H,2-5,7-8H2,1H3. The molecule has 0 bridgehead atoms. The molecule has 1 aliphatic carbocycles. The number of sulfonamides is 1. The second-order valence-corrected chi connectivity index (χ2v) is 7.65. The normalized spacial score (nSPS) is 16.4. The van der Waals surface area contributed by atoms with E-state index in [1.165, 1.54) is 11.3 Å². The molecule has 0 aromatic carbocycles. The van der Waals surface area contributed by atoms with Gasteiger partial charge in [0.1, 0.15) is 0 Å². The molecule has 0 radical (unpaired) electrons. The maximum absolute atomic E-state index is 12.5. The minimum Gasteiger partial charge on any atom is -0.391 e. The molecular weight excluding hydrogens is 270 g/mol. The van der Waals surface area contributed by atoms with Crippen molar-refractivity contribution in [2.24, 2.45) is 5.92 Å². The third-order valence-corrected chi connectivity index (χ3v) is 5.97. The van der Waals surface area contributed by atoms with E-state index in [1.807, 2.05) is 6.92 Å². The van der Waals surface area contributed by atoms with Crippen LogP contribution in [0.15, 0.2) is 16.3 Å². The Hall–Kier alpha value is -0.430. The Kier molecular flexibility index (Phi) is 4.42. The van der Waals surface area contributed by atoms with Gasteiger partial charge in [0, 0.05) is 23.3 Å². The van der Waals surface area contributed by atoms with Crippen molar-refractivity contribution >= 4 is 21.4 Å². The van der Waals surface area contributed by atoms with E-state index in [0.29, 0.717) is 28.8 Å². The van der Waals surface area contributed by atoms with E-state index in [-0.39, 0.29) is 6.61 Å². The van der Waals surface area contributed by atoms with Crippen LogP contribution < -0.4 is 0 Å². The summed E-state index contributed by atoms with van der Waals surface area (Å²) in [5.74, 6) is 0.544. The van der Waals surface area contributed by atoms with Crippen molar-refractivity contribution in [1.82, 2.24) is 4.31 Å². The predicted molar refractivity (Wildman–Crippen MR) is 72.0 cm³/mol. The number of aliphatic hydroxyl groups is 1. The van der Waals surface area contributed by atoms with Gasteiger partial charge in [-0.2, -0.15) is 4.31 Å². The van der Waals surface area contributed by atoms with E-state index in [1.54, 1.807) is 15.8 Å². The third kappa shape index (κ3) is 3.12. The van der Waals surface area contributed by atoms with E-state index < -0.39 is 10.0 Å². The number of nitrogens with zero attached hydrogens (tertiary/aromatic N) is 1. The largest absolute Gasteiger partial charge is 0.391 e. The number of hydrogen-bond donors (Lipinski definition) is 1. The second-order valence-electron chi connectivity index (χ2n) is 4.71. The molecule has 0 atom stereocenters. The maximum Gasteiger partial charge on any atom is 0.243 e. The monoisotopic (exact) mass is 289 g/mol. The molecule has 0 saturated heterocycles. The summed E-state index contributed by atoms with van der Waals surface area (Å²) in [6.07, 6.45) is 3.10. The van der Waals surface area contributed by atoms with Crippen LogP contribution in [0.4, 0.5) is 0 Å². The summed E-state index contributed by atoms with van der Waals surface area (Å²) in [6, 6.07) is 1.58. The Morgan fingerprint density at radius 2 is 2.22 bits per heavy atom. The molecule has 2 rings (SSSR count). The zero-order valence-electron chi connectivity index (χ0n) is 10.5. The van der Waals surface area contributed by atoms with E-state index in [2.05, 4.69) is 0 Å². The molecule has 0 spiro atoms. The Bertz CT molecular complexity index is 491. The second kappa shape index (κ2) is 5.69. The minimum atomic E-state index is -3.37. The first-order chi connectivity index (χ1) is 8.57. The zero-order chi connectivity index (χ0) is 13.2. The molecule has 6 heteroatoms. The Morgan fingerprint density at radius 3 is 2.72 bits per heavy atom. The predicted octanol–water partition coefficient (Wildman–Crippen LogP) is 2.05. The van der Waals surface area contributed by atoms with E-state index >= 15 is 0 Å². The van der Waals surface area contributed by atoms with Crippen LogP contribution in [-0.2, 0) is 16.6 Å². The first-order valence-electron chi connectivity index (χ1n) is 6.26. The molecule has 4 nitrogen and oxygen atoms in total. The average molecular weight is 289 g/mol. The lowest BCUT2D eigenvalue weighted by Crippen LogP contribution is -2.33. The van der Waals surface area contributed by atoms with Crippen LogP contribution in [0.3, 0.4) is 0 Å². The van der Waals surface area contributed by atoms with Crippen molar-refractivity contribution in [1.29, 1.82) is 0 Å². The van der Waals surface area contributed by atoms with Crippen LogP contribution in [0, 0.1) is 5.92 Å². The molecule has 0 aliphatic heterocycles. The highest BCUT2D eigenvalue weighted by atomic mass is 32.2. The van der Waals surface area contributed by atoms with Gasteiger partial charge >= 0.3 is 0 Å². The van der Waals surface area contributed by atoms with Crippen LogP contribution in [0.2, 0.25) is 0 Å². The quantitative estimate of drug-likeness (QED) is 0.836. The van der Waals surface area contributed by atoms with Crippen LogP contribution >= 0.6 is 11.3 Å². The van der Waals surface area contributed by atoms with Crippen molar-refractivity contribution in [3.8, 4) is 0 Å². The van der Waals surface area contributed by atoms with Gasteiger partial charge in [-0.1, -0.05) is 6.92 Å². The summed E-state index contributed by atoms with van der Waals surface area (Å²) in [6.45, 7) is 3.10. The molecule has 1 aromatic rings. The van der Waals surface area contributed by atoms with Crippen molar-refractivity contribution in [2.75, 3.05) is 13.1 Å². The highest BCUT2D eigenvalue weighted by Gasteiger charge is 2.31. The van der Waals surface area contributed by atoms with Gasteiger partial charge in [0.2, 0.25) is 10.0 Å². The number of rotatable bonds is 7. The smallest absolute Gasteiger partial charge is 0.243 e. The van der Waals surface area contributed by atoms with Gasteiger partial charge in [-0.05, 0) is 31.2 Å². The van der Waals surface area contributed by atoms with Gasteiger partial charge in [0.15, 0.2) is 0 Å². The first-order valence-corrected chi connectivity index (χ1v) is 8.58. The van der Waals surface area contributed by atoms with Crippen LogP contribution in [0.5, 0.6) is 0 Å². The molecule has 1 aliphatic rings. The van der Waals surface area contributed by atoms with Crippen molar-refractivity contribution < 1.29 is 13.5 Å². The van der Waals surface area contributed by atoms with E-state index in [4.69, 9.17) is 5.11 Å². The average Bonchev–Trinajstić information content (AvgIpc) is 3.02. The molecule has 1 aromatic heterocycles. The molecule has 0 unspecified atom stereocenters. The first kappa shape index (κ1) is 14.0. The lowest BCUT2D eigenvalue weighted by atomic mass is 10.4. The highest BCUT2D eigenvalue weighted by Crippen LogP contribution is 2.32. The summed E-state index contributed by atoms with van der Waals surface area (Å²) in [5.41, 5.74) is 0. The SMILES string of the molecule is CCCN(CC1CC1)S(=O)(=O)c1csc(CO)c1. The van der Waals surface area contributed by atoms with Crippen molar-refractivity contribution in [2.45, 2.75) is 37.7 Å². The number of thiophene rings is 1. The van der Waals surface area contributed by atoms with Gasteiger partial charge in [0.05, 0.1) is 11.5 Å². The van der Waals surface area contributed by atoms with Crippen molar-refractivity contribution in [3.63, 3.8) is 0 Å². The zero-order valence-corrected chi connectivity index (χ0v) is 12.1. The van der Waals surface area contributed by atoms with Gasteiger partial charge in [0.25, 0.3) is 0 Å². The summed E-state index contributed by atoms with van der Waals surface area (Å²) < 4.78 is 26.5. The van der Waals surface area contributed by atoms with E-state index in [9.17, 15) is 8.42 Å². The molecule has 102 valence electrons. The molecular formula is C12H19NO3S2. The van der Waals surface area contributed by atoms with Crippen molar-refractivity contribution in [3.05, 3.63) is 16.3 Å². The molecule has 1 saturated carbocycles. The fourth-order valence-corrected chi connectivity index (χ4v) is 4.60. The van der Waals surface area contributed by atoms with Crippen LogP contribution in [0.1, 0.15) is 31.1 Å². The molecule has 1 fully saturated rings.